The number of amides is 3. The zero-order valence-corrected chi connectivity index (χ0v) is 13.3. The van der Waals surface area contributed by atoms with Gasteiger partial charge in [-0.15, -0.1) is 0 Å². The third-order valence-corrected chi connectivity index (χ3v) is 4.21. The standard InChI is InChI=1S/C17H25N3O2/c1-3-13(2)16(21)18-15-9-11-20(12-10-15)17(22)19-14-7-5-4-6-8-14/h4-8,13,15H,3,9-12H2,1-2H3,(H,18,21)(H,19,22). The van der Waals surface area contributed by atoms with Gasteiger partial charge in [0.2, 0.25) is 5.91 Å². The monoisotopic (exact) mass is 303 g/mol. The second-order valence-electron chi connectivity index (χ2n) is 5.88. The third-order valence-electron chi connectivity index (χ3n) is 4.21. The van der Waals surface area contributed by atoms with Gasteiger partial charge >= 0.3 is 6.03 Å². The molecule has 0 radical (unpaired) electrons. The van der Waals surface area contributed by atoms with Crippen LogP contribution in [0, 0.1) is 5.92 Å². The smallest absolute Gasteiger partial charge is 0.321 e. The van der Waals surface area contributed by atoms with E-state index >= 15 is 0 Å². The number of anilines is 1. The maximum atomic E-state index is 12.2. The van der Waals surface area contributed by atoms with Crippen LogP contribution in [-0.4, -0.2) is 36.0 Å². The Hall–Kier alpha value is -2.04. The lowest BCUT2D eigenvalue weighted by Crippen LogP contribution is -2.48. The molecule has 22 heavy (non-hydrogen) atoms. The Morgan fingerprint density at radius 1 is 1.23 bits per heavy atom. The second-order valence-corrected chi connectivity index (χ2v) is 5.88. The summed E-state index contributed by atoms with van der Waals surface area (Å²) in [5.74, 6) is 0.175. The van der Waals surface area contributed by atoms with Crippen LogP contribution in [-0.2, 0) is 4.79 Å². The molecule has 0 spiro atoms. The molecule has 120 valence electrons. The van der Waals surface area contributed by atoms with Crippen molar-refractivity contribution in [2.45, 2.75) is 39.2 Å². The van der Waals surface area contributed by atoms with Crippen molar-refractivity contribution in [1.29, 1.82) is 0 Å². The summed E-state index contributed by atoms with van der Waals surface area (Å²) in [6.07, 6.45) is 2.47. The molecule has 0 aliphatic carbocycles. The molecule has 1 fully saturated rings. The average molecular weight is 303 g/mol. The fraction of sp³-hybridized carbons (Fsp3) is 0.529. The number of nitrogens with one attached hydrogen (secondary N) is 2. The van der Waals surface area contributed by atoms with Gasteiger partial charge in [-0.3, -0.25) is 4.79 Å². The third kappa shape index (κ3) is 4.48. The number of carbonyl (C=O) groups excluding carboxylic acids is 2. The van der Waals surface area contributed by atoms with Crippen molar-refractivity contribution >= 4 is 17.6 Å². The molecule has 1 atom stereocenters. The van der Waals surface area contributed by atoms with Gasteiger partial charge in [0.15, 0.2) is 0 Å². The molecule has 1 aromatic carbocycles. The van der Waals surface area contributed by atoms with Gasteiger partial charge < -0.3 is 15.5 Å². The molecule has 1 heterocycles. The summed E-state index contributed by atoms with van der Waals surface area (Å²) in [6.45, 7) is 5.30. The predicted molar refractivity (Wildman–Crippen MR) is 87.7 cm³/mol. The summed E-state index contributed by atoms with van der Waals surface area (Å²) in [7, 11) is 0. The summed E-state index contributed by atoms with van der Waals surface area (Å²) in [6, 6.07) is 9.56. The molecule has 2 N–H and O–H groups in total. The average Bonchev–Trinajstić information content (AvgIpc) is 2.55. The molecular formula is C17H25N3O2. The van der Waals surface area contributed by atoms with Crippen LogP contribution in [0.25, 0.3) is 0 Å². The lowest BCUT2D eigenvalue weighted by Gasteiger charge is -2.32. The molecule has 0 aromatic heterocycles. The topological polar surface area (TPSA) is 61.4 Å². The first kappa shape index (κ1) is 16.3. The van der Waals surface area contributed by atoms with E-state index in [2.05, 4.69) is 10.6 Å². The summed E-state index contributed by atoms with van der Waals surface area (Å²) in [4.78, 5) is 25.9. The van der Waals surface area contributed by atoms with E-state index in [1.54, 1.807) is 4.90 Å². The fourth-order valence-electron chi connectivity index (χ4n) is 2.48. The van der Waals surface area contributed by atoms with Gasteiger partial charge in [0.1, 0.15) is 0 Å². The van der Waals surface area contributed by atoms with Crippen LogP contribution in [0.5, 0.6) is 0 Å². The first-order valence-electron chi connectivity index (χ1n) is 8.01. The molecule has 0 bridgehead atoms. The number of hydrogen-bond acceptors (Lipinski definition) is 2. The maximum Gasteiger partial charge on any atom is 0.321 e. The van der Waals surface area contributed by atoms with Gasteiger partial charge in [0, 0.05) is 30.7 Å². The number of piperidine rings is 1. The number of para-hydroxylation sites is 1. The molecule has 2 rings (SSSR count). The number of nitrogens with zero attached hydrogens (tertiary/aromatic N) is 1. The van der Waals surface area contributed by atoms with Crippen molar-refractivity contribution < 1.29 is 9.59 Å². The minimum atomic E-state index is -0.0714. The number of urea groups is 1. The van der Waals surface area contributed by atoms with E-state index in [1.165, 1.54) is 0 Å². The van der Waals surface area contributed by atoms with Crippen LogP contribution in [0.2, 0.25) is 0 Å². The Balaban J connectivity index is 1.77. The molecule has 1 aliphatic heterocycles. The number of carbonyl (C=O) groups is 2. The van der Waals surface area contributed by atoms with Crippen LogP contribution in [0.4, 0.5) is 10.5 Å². The van der Waals surface area contributed by atoms with Gasteiger partial charge in [0.25, 0.3) is 0 Å². The molecule has 5 nitrogen and oxygen atoms in total. The minimum Gasteiger partial charge on any atom is -0.353 e. The Morgan fingerprint density at radius 3 is 2.45 bits per heavy atom. The predicted octanol–water partition coefficient (Wildman–Crippen LogP) is 2.85. The molecule has 1 aromatic rings. The molecular weight excluding hydrogens is 278 g/mol. The van der Waals surface area contributed by atoms with Crippen LogP contribution in [0.3, 0.4) is 0 Å². The van der Waals surface area contributed by atoms with E-state index in [0.29, 0.717) is 13.1 Å². The van der Waals surface area contributed by atoms with Gasteiger partial charge in [-0.25, -0.2) is 4.79 Å². The number of benzene rings is 1. The van der Waals surface area contributed by atoms with E-state index in [1.807, 2.05) is 44.2 Å². The lowest BCUT2D eigenvalue weighted by molar-refractivity contribution is -0.125. The molecule has 5 heteroatoms. The lowest BCUT2D eigenvalue weighted by atomic mass is 10.0. The first-order valence-corrected chi connectivity index (χ1v) is 8.01. The van der Waals surface area contributed by atoms with E-state index in [-0.39, 0.29) is 23.9 Å². The zero-order chi connectivity index (χ0) is 15.9. The van der Waals surface area contributed by atoms with Crippen molar-refractivity contribution in [1.82, 2.24) is 10.2 Å². The van der Waals surface area contributed by atoms with Gasteiger partial charge in [-0.2, -0.15) is 0 Å². The summed E-state index contributed by atoms with van der Waals surface area (Å²) >= 11 is 0. The SMILES string of the molecule is CCC(C)C(=O)NC1CCN(C(=O)Nc2ccccc2)CC1. The summed E-state index contributed by atoms with van der Waals surface area (Å²) in [5.41, 5.74) is 0.805. The first-order chi connectivity index (χ1) is 10.6. The largest absolute Gasteiger partial charge is 0.353 e. The maximum absolute atomic E-state index is 12.2. The zero-order valence-electron chi connectivity index (χ0n) is 13.3. The van der Waals surface area contributed by atoms with Gasteiger partial charge in [0.05, 0.1) is 0 Å². The number of likely N-dealkylation sites (tertiary alicyclic amines) is 1. The molecule has 1 unspecified atom stereocenters. The van der Waals surface area contributed by atoms with E-state index in [4.69, 9.17) is 0 Å². The highest BCUT2D eigenvalue weighted by Crippen LogP contribution is 2.14. The quantitative estimate of drug-likeness (QED) is 0.898. The summed E-state index contributed by atoms with van der Waals surface area (Å²) < 4.78 is 0. The van der Waals surface area contributed by atoms with Crippen molar-refractivity contribution in [2.75, 3.05) is 18.4 Å². The molecule has 3 amide bonds. The highest BCUT2D eigenvalue weighted by atomic mass is 16.2. The van der Waals surface area contributed by atoms with Gasteiger partial charge in [-0.1, -0.05) is 32.0 Å². The van der Waals surface area contributed by atoms with Crippen molar-refractivity contribution in [3.05, 3.63) is 30.3 Å². The van der Waals surface area contributed by atoms with Crippen LogP contribution < -0.4 is 10.6 Å². The number of hydrogen-bond donors (Lipinski definition) is 2. The Morgan fingerprint density at radius 2 is 1.86 bits per heavy atom. The van der Waals surface area contributed by atoms with Crippen LogP contribution in [0.15, 0.2) is 30.3 Å². The Labute approximate surface area is 132 Å². The fourth-order valence-corrected chi connectivity index (χ4v) is 2.48. The van der Waals surface area contributed by atoms with Crippen molar-refractivity contribution in [2.24, 2.45) is 5.92 Å². The van der Waals surface area contributed by atoms with E-state index in [0.717, 1.165) is 24.9 Å². The van der Waals surface area contributed by atoms with E-state index in [9.17, 15) is 9.59 Å². The van der Waals surface area contributed by atoms with Crippen LogP contribution >= 0.6 is 0 Å². The van der Waals surface area contributed by atoms with Gasteiger partial charge in [-0.05, 0) is 31.4 Å². The Bertz CT molecular complexity index is 496. The second kappa shape index (κ2) is 7.82. The highest BCUT2D eigenvalue weighted by molar-refractivity contribution is 5.89. The minimum absolute atomic E-state index is 0.0550. The van der Waals surface area contributed by atoms with Crippen molar-refractivity contribution in [3.63, 3.8) is 0 Å². The molecule has 1 saturated heterocycles. The highest BCUT2D eigenvalue weighted by Gasteiger charge is 2.24. The Kier molecular flexibility index (Phi) is 5.81. The summed E-state index contributed by atoms with van der Waals surface area (Å²) in [5, 5.41) is 5.98. The van der Waals surface area contributed by atoms with Crippen LogP contribution in [0.1, 0.15) is 33.1 Å². The van der Waals surface area contributed by atoms with Crippen molar-refractivity contribution in [3.8, 4) is 0 Å². The van der Waals surface area contributed by atoms with E-state index < -0.39 is 0 Å². The molecule has 1 aliphatic rings. The number of rotatable bonds is 4. The molecule has 0 saturated carbocycles. The normalized spacial score (nSPS) is 16.9.